The number of pyridine rings is 1. The molecule has 0 aromatic carbocycles. The van der Waals surface area contributed by atoms with Gasteiger partial charge in [-0.2, -0.15) is 0 Å². The lowest BCUT2D eigenvalue weighted by atomic mass is 9.97. The van der Waals surface area contributed by atoms with Gasteiger partial charge in [-0.25, -0.2) is 0 Å². The van der Waals surface area contributed by atoms with E-state index in [1.165, 1.54) is 43.0 Å². The maximum atomic E-state index is 12.5. The van der Waals surface area contributed by atoms with E-state index in [4.69, 9.17) is 4.74 Å². The third-order valence-corrected chi connectivity index (χ3v) is 6.04. The lowest BCUT2D eigenvalue weighted by Gasteiger charge is -2.15. The smallest absolute Gasteiger partial charge is 0.233 e. The number of carbonyl (C=O) groups is 1. The highest BCUT2D eigenvalue weighted by Crippen LogP contribution is 2.27. The highest BCUT2D eigenvalue weighted by molar-refractivity contribution is 8.00. The van der Waals surface area contributed by atoms with Crippen molar-refractivity contribution in [3.05, 3.63) is 36.2 Å². The van der Waals surface area contributed by atoms with E-state index < -0.39 is 0 Å². The molecule has 156 valence electrons. The molecule has 0 saturated carbocycles. The molecule has 0 saturated heterocycles. The topological polar surface area (TPSA) is 81.9 Å². The highest BCUT2D eigenvalue weighted by atomic mass is 32.2. The third kappa shape index (κ3) is 6.14. The van der Waals surface area contributed by atoms with Crippen LogP contribution >= 0.6 is 11.8 Å². The fourth-order valence-electron chi connectivity index (χ4n) is 3.31. The zero-order valence-corrected chi connectivity index (χ0v) is 18.0. The van der Waals surface area contributed by atoms with E-state index in [9.17, 15) is 4.79 Å². The maximum absolute atomic E-state index is 12.5. The van der Waals surface area contributed by atoms with Gasteiger partial charge < -0.3 is 10.1 Å². The van der Waals surface area contributed by atoms with Crippen molar-refractivity contribution in [3.8, 4) is 11.4 Å². The molecule has 0 spiro atoms. The monoisotopic (exact) mass is 415 g/mol. The number of carbonyl (C=O) groups excluding carboxylic acids is 1. The second kappa shape index (κ2) is 11.1. The average molecular weight is 416 g/mol. The Morgan fingerprint density at radius 1 is 1.31 bits per heavy atom. The molecule has 7 nitrogen and oxygen atoms in total. The van der Waals surface area contributed by atoms with Crippen LogP contribution < -0.4 is 5.32 Å². The normalized spacial score (nSPS) is 15.0. The Labute approximate surface area is 176 Å². The lowest BCUT2D eigenvalue weighted by Crippen LogP contribution is -2.32. The van der Waals surface area contributed by atoms with Crippen LogP contribution in [0.1, 0.15) is 39.0 Å². The summed E-state index contributed by atoms with van der Waals surface area (Å²) in [5, 5.41) is 12.2. The lowest BCUT2D eigenvalue weighted by molar-refractivity contribution is -0.120. The Morgan fingerprint density at radius 3 is 2.86 bits per heavy atom. The quantitative estimate of drug-likeness (QED) is 0.473. The molecule has 1 unspecified atom stereocenters. The van der Waals surface area contributed by atoms with Crippen LogP contribution in [-0.4, -0.2) is 51.2 Å². The van der Waals surface area contributed by atoms with Gasteiger partial charge in [0.25, 0.3) is 0 Å². The van der Waals surface area contributed by atoms with E-state index >= 15 is 0 Å². The minimum Gasteiger partial charge on any atom is -0.383 e. The average Bonchev–Trinajstić information content (AvgIpc) is 3.15. The molecule has 29 heavy (non-hydrogen) atoms. The standard InChI is InChI=1S/C21H29N5O2S/c1-16(20(27)23-13-8-17-6-4-3-5-7-17)29-21-25-24-19(26(21)14-15-28-2)18-9-11-22-12-10-18/h6,9-12,16H,3-5,7-8,13-15H2,1-2H3,(H,23,27). The van der Waals surface area contributed by atoms with Crippen molar-refractivity contribution < 1.29 is 9.53 Å². The first-order chi connectivity index (χ1) is 14.2. The number of hydrogen-bond acceptors (Lipinski definition) is 6. The molecule has 1 N–H and O–H groups in total. The van der Waals surface area contributed by atoms with Gasteiger partial charge in [-0.15, -0.1) is 10.2 Å². The molecule has 3 rings (SSSR count). The van der Waals surface area contributed by atoms with Gasteiger partial charge in [0.1, 0.15) is 0 Å². The number of thioether (sulfide) groups is 1. The minimum atomic E-state index is -0.258. The summed E-state index contributed by atoms with van der Waals surface area (Å²) in [6.07, 6.45) is 11.6. The van der Waals surface area contributed by atoms with Gasteiger partial charge >= 0.3 is 0 Å². The van der Waals surface area contributed by atoms with Gasteiger partial charge in [0.05, 0.1) is 18.4 Å². The molecule has 0 aliphatic heterocycles. The molecule has 1 atom stereocenters. The molecule has 1 amide bonds. The van der Waals surface area contributed by atoms with Gasteiger partial charge in [0, 0.05) is 31.6 Å². The first kappa shape index (κ1) is 21.5. The number of hydrogen-bond donors (Lipinski definition) is 1. The Bertz CT molecular complexity index is 822. The Balaban J connectivity index is 1.61. The number of methoxy groups -OCH3 is 1. The van der Waals surface area contributed by atoms with Crippen LogP contribution in [0.15, 0.2) is 41.3 Å². The van der Waals surface area contributed by atoms with Crippen molar-refractivity contribution >= 4 is 17.7 Å². The van der Waals surface area contributed by atoms with Crippen molar-refractivity contribution in [3.63, 3.8) is 0 Å². The van der Waals surface area contributed by atoms with E-state index in [1.54, 1.807) is 19.5 Å². The van der Waals surface area contributed by atoms with Crippen LogP contribution in [0.5, 0.6) is 0 Å². The second-order valence-corrected chi connectivity index (χ2v) is 8.40. The van der Waals surface area contributed by atoms with Crippen molar-refractivity contribution in [2.75, 3.05) is 20.3 Å². The summed E-state index contributed by atoms with van der Waals surface area (Å²) < 4.78 is 7.24. The molecule has 2 aromatic heterocycles. The van der Waals surface area contributed by atoms with Crippen LogP contribution in [-0.2, 0) is 16.1 Å². The van der Waals surface area contributed by atoms with Crippen molar-refractivity contribution in [1.29, 1.82) is 0 Å². The molecule has 0 bridgehead atoms. The van der Waals surface area contributed by atoms with Crippen LogP contribution in [0.3, 0.4) is 0 Å². The Hall–Kier alpha value is -2.19. The van der Waals surface area contributed by atoms with Gasteiger partial charge in [-0.1, -0.05) is 23.4 Å². The van der Waals surface area contributed by atoms with Crippen molar-refractivity contribution in [2.24, 2.45) is 0 Å². The summed E-state index contributed by atoms with van der Waals surface area (Å²) in [6.45, 7) is 3.75. The van der Waals surface area contributed by atoms with Crippen LogP contribution in [0.2, 0.25) is 0 Å². The predicted octanol–water partition coefficient (Wildman–Crippen LogP) is 3.47. The summed E-state index contributed by atoms with van der Waals surface area (Å²) in [7, 11) is 1.67. The van der Waals surface area contributed by atoms with Crippen LogP contribution in [0.4, 0.5) is 0 Å². The minimum absolute atomic E-state index is 0.0261. The fourth-order valence-corrected chi connectivity index (χ4v) is 4.21. The number of ether oxygens (including phenoxy) is 1. The molecular formula is C21H29N5O2S. The number of amides is 1. The third-order valence-electron chi connectivity index (χ3n) is 4.96. The van der Waals surface area contributed by atoms with Gasteiger partial charge in [0.2, 0.25) is 5.91 Å². The fraction of sp³-hybridized carbons (Fsp3) is 0.524. The molecule has 2 heterocycles. The van der Waals surface area contributed by atoms with E-state index in [0.29, 0.717) is 24.9 Å². The number of rotatable bonds is 10. The van der Waals surface area contributed by atoms with E-state index in [-0.39, 0.29) is 11.2 Å². The molecule has 0 radical (unpaired) electrons. The SMILES string of the molecule is COCCn1c(SC(C)C(=O)NCCC2=CCCCC2)nnc1-c1ccncc1. The summed E-state index contributed by atoms with van der Waals surface area (Å²) in [6, 6.07) is 3.80. The molecular weight excluding hydrogens is 386 g/mol. The molecule has 1 aliphatic rings. The predicted molar refractivity (Wildman–Crippen MR) is 115 cm³/mol. The van der Waals surface area contributed by atoms with Crippen LogP contribution in [0.25, 0.3) is 11.4 Å². The first-order valence-corrected chi connectivity index (χ1v) is 11.0. The number of aromatic nitrogens is 4. The summed E-state index contributed by atoms with van der Waals surface area (Å²) in [5.41, 5.74) is 2.41. The van der Waals surface area contributed by atoms with Crippen molar-refractivity contribution in [2.45, 2.75) is 56.0 Å². The molecule has 0 fully saturated rings. The van der Waals surface area contributed by atoms with E-state index in [1.807, 2.05) is 23.6 Å². The molecule has 1 aliphatic carbocycles. The maximum Gasteiger partial charge on any atom is 0.233 e. The number of nitrogens with zero attached hydrogens (tertiary/aromatic N) is 4. The second-order valence-electron chi connectivity index (χ2n) is 7.10. The van der Waals surface area contributed by atoms with Gasteiger partial charge in [0.15, 0.2) is 11.0 Å². The highest BCUT2D eigenvalue weighted by Gasteiger charge is 2.20. The van der Waals surface area contributed by atoms with Crippen LogP contribution in [0, 0.1) is 0 Å². The van der Waals surface area contributed by atoms with E-state index in [0.717, 1.165) is 17.8 Å². The van der Waals surface area contributed by atoms with E-state index in [2.05, 4.69) is 26.6 Å². The summed E-state index contributed by atoms with van der Waals surface area (Å²) in [5.74, 6) is 0.780. The Morgan fingerprint density at radius 2 is 2.14 bits per heavy atom. The van der Waals surface area contributed by atoms with Gasteiger partial charge in [-0.05, 0) is 51.2 Å². The summed E-state index contributed by atoms with van der Waals surface area (Å²) in [4.78, 5) is 16.6. The molecule has 2 aromatic rings. The Kier molecular flexibility index (Phi) is 8.25. The molecule has 8 heteroatoms. The first-order valence-electron chi connectivity index (χ1n) is 10.1. The van der Waals surface area contributed by atoms with Crippen molar-refractivity contribution in [1.82, 2.24) is 25.1 Å². The summed E-state index contributed by atoms with van der Waals surface area (Å²) >= 11 is 1.42. The zero-order valence-electron chi connectivity index (χ0n) is 17.1. The number of nitrogens with one attached hydrogen (secondary N) is 1. The zero-order chi connectivity index (χ0) is 20.5. The largest absolute Gasteiger partial charge is 0.383 e. The van der Waals surface area contributed by atoms with Gasteiger partial charge in [-0.3, -0.25) is 14.3 Å². The number of allylic oxidation sites excluding steroid dienone is 1.